The van der Waals surface area contributed by atoms with E-state index in [9.17, 15) is 0 Å². The van der Waals surface area contributed by atoms with E-state index in [1.807, 2.05) is 0 Å². The zero-order chi connectivity index (χ0) is 35.3. The number of hydrogen-bond donors (Lipinski definition) is 0. The van der Waals surface area contributed by atoms with Crippen molar-refractivity contribution >= 4 is 54.4 Å². The molecular formula is C52H32N2. The average Bonchev–Trinajstić information content (AvgIpc) is 3.88. The maximum absolute atomic E-state index is 2.40. The molecule has 0 saturated heterocycles. The molecule has 2 nitrogen and oxygen atoms in total. The molecule has 0 N–H and O–H groups in total. The summed E-state index contributed by atoms with van der Waals surface area (Å²) in [4.78, 5) is 0. The van der Waals surface area contributed by atoms with E-state index in [2.05, 4.69) is 203 Å². The minimum Gasteiger partial charge on any atom is -0.309 e. The maximum Gasteiger partial charge on any atom is 0.0541 e. The van der Waals surface area contributed by atoms with Gasteiger partial charge in [-0.3, -0.25) is 0 Å². The second kappa shape index (κ2) is 11.2. The smallest absolute Gasteiger partial charge is 0.0541 e. The van der Waals surface area contributed by atoms with E-state index < -0.39 is 0 Å². The molecule has 54 heavy (non-hydrogen) atoms. The van der Waals surface area contributed by atoms with Gasteiger partial charge in [0.1, 0.15) is 0 Å². The molecule has 1 aliphatic carbocycles. The Labute approximate surface area is 312 Å². The van der Waals surface area contributed by atoms with Gasteiger partial charge in [-0.05, 0) is 110 Å². The van der Waals surface area contributed by atoms with E-state index in [4.69, 9.17) is 0 Å². The van der Waals surface area contributed by atoms with Crippen LogP contribution in [0.4, 0.5) is 0 Å². The molecule has 0 saturated carbocycles. The Hall–Kier alpha value is -7.16. The molecule has 0 unspecified atom stereocenters. The summed E-state index contributed by atoms with van der Waals surface area (Å²) in [7, 11) is 0. The van der Waals surface area contributed by atoms with Crippen molar-refractivity contribution in [1.82, 2.24) is 9.13 Å². The van der Waals surface area contributed by atoms with E-state index in [1.54, 1.807) is 0 Å². The van der Waals surface area contributed by atoms with Crippen LogP contribution in [0.1, 0.15) is 0 Å². The van der Waals surface area contributed by atoms with Gasteiger partial charge in [-0.2, -0.15) is 0 Å². The van der Waals surface area contributed by atoms with Crippen molar-refractivity contribution in [3.8, 4) is 55.9 Å². The highest BCUT2D eigenvalue weighted by Gasteiger charge is 2.24. The lowest BCUT2D eigenvalue weighted by Crippen LogP contribution is -1.94. The summed E-state index contributed by atoms with van der Waals surface area (Å²) in [6, 6.07) is 71.4. The van der Waals surface area contributed by atoms with Gasteiger partial charge in [0.2, 0.25) is 0 Å². The van der Waals surface area contributed by atoms with E-state index in [-0.39, 0.29) is 0 Å². The van der Waals surface area contributed by atoms with Crippen LogP contribution < -0.4 is 0 Å². The predicted molar refractivity (Wildman–Crippen MR) is 228 cm³/mol. The molecular weight excluding hydrogens is 653 g/mol. The monoisotopic (exact) mass is 684 g/mol. The first-order chi connectivity index (χ1) is 26.8. The molecule has 0 aliphatic heterocycles. The number of fused-ring (bicyclic) bond motifs is 9. The first-order valence-electron chi connectivity index (χ1n) is 18.7. The van der Waals surface area contributed by atoms with Crippen LogP contribution in [-0.2, 0) is 0 Å². The molecule has 2 heterocycles. The average molecular weight is 685 g/mol. The summed E-state index contributed by atoms with van der Waals surface area (Å²) in [5.41, 5.74) is 17.4. The Bertz CT molecular complexity index is 3210. The van der Waals surface area contributed by atoms with Crippen molar-refractivity contribution in [2.45, 2.75) is 0 Å². The quantitative estimate of drug-likeness (QED) is 0.175. The van der Waals surface area contributed by atoms with Gasteiger partial charge in [-0.15, -0.1) is 0 Å². The highest BCUT2D eigenvalue weighted by molar-refractivity contribution is 6.19. The van der Waals surface area contributed by atoms with Gasteiger partial charge in [0.25, 0.3) is 0 Å². The van der Waals surface area contributed by atoms with Crippen LogP contribution in [0.2, 0.25) is 0 Å². The lowest BCUT2D eigenvalue weighted by molar-refractivity contribution is 1.18. The normalized spacial score (nSPS) is 12.1. The molecule has 0 atom stereocenters. The van der Waals surface area contributed by atoms with Crippen molar-refractivity contribution in [1.29, 1.82) is 0 Å². The predicted octanol–water partition coefficient (Wildman–Crippen LogP) is 14.0. The Morgan fingerprint density at radius 3 is 1.33 bits per heavy atom. The SMILES string of the molecule is c1cc(-c2ccc3c(c2)-c2ccc(-c4ccc(-n5c6ccccc6c6ccccc65)cc4)c4cccc-3c24)cc(-n2c3ccccc3c3ccccc32)c1. The lowest BCUT2D eigenvalue weighted by atomic mass is 9.94. The fourth-order valence-electron chi connectivity index (χ4n) is 9.30. The van der Waals surface area contributed by atoms with Crippen molar-refractivity contribution in [2.75, 3.05) is 0 Å². The van der Waals surface area contributed by atoms with E-state index in [0.717, 1.165) is 0 Å². The van der Waals surface area contributed by atoms with E-state index in [1.165, 1.54) is 110 Å². The maximum atomic E-state index is 2.40. The standard InChI is InChI=1S/C52H32N2/c1-5-19-48-40(13-1)41-14-2-6-20-49(41)53(48)36-26-23-33(24-27-36)38-29-30-46-47-32-35(25-28-39(47)45-18-10-17-44(38)52(45)46)34-11-9-12-37(31-34)54-50-21-7-3-15-42(50)43-16-4-8-22-51(43)54/h1-32H. The third kappa shape index (κ3) is 4.11. The number of rotatable bonds is 4. The van der Waals surface area contributed by atoms with Crippen molar-refractivity contribution in [3.05, 3.63) is 194 Å². The molecule has 11 aromatic rings. The van der Waals surface area contributed by atoms with Gasteiger partial charge >= 0.3 is 0 Å². The molecule has 0 spiro atoms. The molecule has 2 aromatic heterocycles. The molecule has 12 rings (SSSR count). The zero-order valence-electron chi connectivity index (χ0n) is 29.4. The summed E-state index contributed by atoms with van der Waals surface area (Å²) < 4.78 is 4.78. The Balaban J connectivity index is 0.944. The highest BCUT2D eigenvalue weighted by atomic mass is 15.0. The summed E-state index contributed by atoms with van der Waals surface area (Å²) in [6.07, 6.45) is 0. The third-order valence-electron chi connectivity index (χ3n) is 11.7. The molecule has 250 valence electrons. The summed E-state index contributed by atoms with van der Waals surface area (Å²) in [6.45, 7) is 0. The van der Waals surface area contributed by atoms with Crippen LogP contribution >= 0.6 is 0 Å². The Kier molecular flexibility index (Phi) is 6.09. The van der Waals surface area contributed by atoms with Crippen molar-refractivity contribution in [2.24, 2.45) is 0 Å². The fraction of sp³-hybridized carbons (Fsp3) is 0. The molecule has 1 aliphatic rings. The van der Waals surface area contributed by atoms with Crippen LogP contribution in [-0.4, -0.2) is 9.13 Å². The zero-order valence-corrected chi connectivity index (χ0v) is 29.4. The number of para-hydroxylation sites is 4. The van der Waals surface area contributed by atoms with Gasteiger partial charge in [0.05, 0.1) is 22.1 Å². The first kappa shape index (κ1) is 29.4. The Morgan fingerprint density at radius 1 is 0.241 bits per heavy atom. The summed E-state index contributed by atoms with van der Waals surface area (Å²) in [5, 5.41) is 7.75. The lowest BCUT2D eigenvalue weighted by Gasteiger charge is -2.12. The third-order valence-corrected chi connectivity index (χ3v) is 11.7. The number of nitrogens with zero attached hydrogens (tertiary/aromatic N) is 2. The highest BCUT2D eigenvalue weighted by Crippen LogP contribution is 2.50. The van der Waals surface area contributed by atoms with Gasteiger partial charge in [-0.25, -0.2) is 0 Å². The van der Waals surface area contributed by atoms with Crippen LogP contribution in [0.3, 0.4) is 0 Å². The van der Waals surface area contributed by atoms with E-state index >= 15 is 0 Å². The largest absolute Gasteiger partial charge is 0.309 e. The van der Waals surface area contributed by atoms with Crippen LogP contribution in [0.25, 0.3) is 110 Å². The fourth-order valence-corrected chi connectivity index (χ4v) is 9.30. The minimum atomic E-state index is 1.17. The van der Waals surface area contributed by atoms with Crippen LogP contribution in [0, 0.1) is 0 Å². The van der Waals surface area contributed by atoms with Crippen LogP contribution in [0.5, 0.6) is 0 Å². The van der Waals surface area contributed by atoms with Gasteiger partial charge in [0.15, 0.2) is 0 Å². The van der Waals surface area contributed by atoms with Crippen molar-refractivity contribution < 1.29 is 0 Å². The van der Waals surface area contributed by atoms with E-state index in [0.29, 0.717) is 0 Å². The van der Waals surface area contributed by atoms with Crippen LogP contribution in [0.15, 0.2) is 194 Å². The summed E-state index contributed by atoms with van der Waals surface area (Å²) in [5.74, 6) is 0. The number of hydrogen-bond acceptors (Lipinski definition) is 0. The molecule has 0 amide bonds. The first-order valence-corrected chi connectivity index (χ1v) is 18.7. The molecule has 0 fully saturated rings. The molecule has 9 aromatic carbocycles. The van der Waals surface area contributed by atoms with Gasteiger partial charge in [-0.1, -0.05) is 140 Å². The minimum absolute atomic E-state index is 1.17. The number of aromatic nitrogens is 2. The molecule has 0 radical (unpaired) electrons. The van der Waals surface area contributed by atoms with Gasteiger partial charge < -0.3 is 9.13 Å². The molecule has 0 bridgehead atoms. The molecule has 2 heteroatoms. The Morgan fingerprint density at radius 2 is 0.704 bits per heavy atom. The number of benzene rings is 9. The second-order valence-electron chi connectivity index (χ2n) is 14.5. The van der Waals surface area contributed by atoms with Crippen molar-refractivity contribution in [3.63, 3.8) is 0 Å². The second-order valence-corrected chi connectivity index (χ2v) is 14.5. The van der Waals surface area contributed by atoms with Gasteiger partial charge in [0, 0.05) is 32.9 Å². The topological polar surface area (TPSA) is 9.86 Å². The summed E-state index contributed by atoms with van der Waals surface area (Å²) >= 11 is 0.